The van der Waals surface area contributed by atoms with Crippen LogP contribution in [0.5, 0.6) is 0 Å². The summed E-state index contributed by atoms with van der Waals surface area (Å²) in [7, 11) is 1.19. The number of nitrogens with one attached hydrogen (secondary N) is 1. The monoisotopic (exact) mass is 302 g/mol. The number of non-ortho nitro benzene ring substituents is 1. The van der Waals surface area contributed by atoms with Gasteiger partial charge in [0.25, 0.3) is 11.6 Å². The maximum atomic E-state index is 11.8. The van der Waals surface area contributed by atoms with Gasteiger partial charge in [0.2, 0.25) is 0 Å². The Morgan fingerprint density at radius 3 is 2.70 bits per heavy atom. The number of benzene rings is 1. The molecule has 0 saturated carbocycles. The minimum absolute atomic E-state index is 0.0254. The molecule has 0 radical (unpaired) electrons. The van der Waals surface area contributed by atoms with Gasteiger partial charge in [0.05, 0.1) is 22.1 Å². The minimum Gasteiger partial charge on any atom is -0.479 e. The van der Waals surface area contributed by atoms with Crippen LogP contribution in [-0.4, -0.2) is 41.7 Å². The molecule has 1 atom stereocenters. The van der Waals surface area contributed by atoms with Gasteiger partial charge in [-0.3, -0.25) is 14.9 Å². The van der Waals surface area contributed by atoms with Gasteiger partial charge < -0.3 is 15.2 Å². The third-order valence-corrected chi connectivity index (χ3v) is 2.74. The molecule has 0 fully saturated rings. The van der Waals surface area contributed by atoms with Crippen LogP contribution >= 0.6 is 11.6 Å². The number of carboxylic acids is 1. The van der Waals surface area contributed by atoms with E-state index in [2.05, 4.69) is 10.1 Å². The second-order valence-electron chi connectivity index (χ2n) is 3.69. The van der Waals surface area contributed by atoms with Gasteiger partial charge in [0.1, 0.15) is 0 Å². The van der Waals surface area contributed by atoms with E-state index in [1.807, 2.05) is 0 Å². The zero-order valence-electron chi connectivity index (χ0n) is 10.3. The number of carbonyl (C=O) groups is 2. The minimum atomic E-state index is -1.24. The quantitative estimate of drug-likeness (QED) is 0.599. The van der Waals surface area contributed by atoms with Crippen molar-refractivity contribution in [2.45, 2.75) is 6.10 Å². The molecule has 0 spiro atoms. The number of nitrogens with zero attached hydrogens (tertiary/aromatic N) is 1. The Kier molecular flexibility index (Phi) is 5.42. The van der Waals surface area contributed by atoms with Crippen molar-refractivity contribution in [1.29, 1.82) is 0 Å². The number of rotatable bonds is 6. The topological polar surface area (TPSA) is 119 Å². The first-order valence-corrected chi connectivity index (χ1v) is 5.72. The van der Waals surface area contributed by atoms with E-state index in [4.69, 9.17) is 16.7 Å². The van der Waals surface area contributed by atoms with Gasteiger partial charge in [-0.2, -0.15) is 0 Å². The van der Waals surface area contributed by atoms with Gasteiger partial charge in [-0.15, -0.1) is 0 Å². The molecule has 108 valence electrons. The number of ether oxygens (including phenoxy) is 1. The van der Waals surface area contributed by atoms with E-state index in [1.165, 1.54) is 13.2 Å². The molecule has 0 aliphatic rings. The number of hydrogen-bond donors (Lipinski definition) is 2. The molecule has 20 heavy (non-hydrogen) atoms. The highest BCUT2D eigenvalue weighted by molar-refractivity contribution is 6.33. The van der Waals surface area contributed by atoms with Gasteiger partial charge in [-0.1, -0.05) is 11.6 Å². The van der Waals surface area contributed by atoms with Crippen molar-refractivity contribution in [3.63, 3.8) is 0 Å². The van der Waals surface area contributed by atoms with Crippen LogP contribution in [0.4, 0.5) is 5.69 Å². The second-order valence-corrected chi connectivity index (χ2v) is 4.10. The number of nitro benzene ring substituents is 1. The molecular formula is C11H11ClN2O6. The number of nitro groups is 1. The van der Waals surface area contributed by atoms with Crippen molar-refractivity contribution < 1.29 is 24.4 Å². The first-order chi connectivity index (χ1) is 9.36. The van der Waals surface area contributed by atoms with Gasteiger partial charge >= 0.3 is 5.97 Å². The summed E-state index contributed by atoms with van der Waals surface area (Å²) < 4.78 is 4.63. The third kappa shape index (κ3) is 3.90. The van der Waals surface area contributed by atoms with Crippen LogP contribution in [0.2, 0.25) is 5.02 Å². The molecule has 0 aliphatic heterocycles. The van der Waals surface area contributed by atoms with E-state index >= 15 is 0 Å². The van der Waals surface area contributed by atoms with Crippen molar-refractivity contribution in [3.05, 3.63) is 38.9 Å². The Bertz CT molecular complexity index is 548. The molecule has 0 heterocycles. The standard InChI is InChI=1S/C11H11ClN2O6/c1-20-9(11(16)17)5-13-10(15)7-4-6(14(18)19)2-3-8(7)12/h2-4,9H,5H2,1H3,(H,13,15)(H,16,17). The number of carbonyl (C=O) groups excluding carboxylic acids is 1. The molecule has 1 unspecified atom stereocenters. The zero-order valence-corrected chi connectivity index (χ0v) is 11.1. The fraction of sp³-hybridized carbons (Fsp3) is 0.273. The summed E-state index contributed by atoms with van der Waals surface area (Å²) in [6.07, 6.45) is -1.21. The Morgan fingerprint density at radius 2 is 2.20 bits per heavy atom. The summed E-state index contributed by atoms with van der Waals surface area (Å²) in [5.74, 6) is -1.96. The Hall–Kier alpha value is -2.19. The molecular weight excluding hydrogens is 292 g/mol. The fourth-order valence-electron chi connectivity index (χ4n) is 1.35. The first kappa shape index (κ1) is 15.9. The van der Waals surface area contributed by atoms with Crippen LogP contribution in [0, 0.1) is 10.1 Å². The van der Waals surface area contributed by atoms with Gasteiger partial charge in [-0.25, -0.2) is 4.79 Å². The number of aliphatic carboxylic acids is 1. The SMILES string of the molecule is COC(CNC(=O)c1cc([N+](=O)[O-])ccc1Cl)C(=O)O. The molecule has 1 aromatic carbocycles. The predicted molar refractivity (Wildman–Crippen MR) is 68.9 cm³/mol. The summed E-state index contributed by atoms with van der Waals surface area (Å²) in [4.78, 5) is 32.5. The Balaban J connectivity index is 2.84. The molecule has 1 amide bonds. The van der Waals surface area contributed by atoms with Crippen molar-refractivity contribution in [2.24, 2.45) is 0 Å². The highest BCUT2D eigenvalue weighted by atomic mass is 35.5. The largest absolute Gasteiger partial charge is 0.479 e. The molecule has 1 rings (SSSR count). The van der Waals surface area contributed by atoms with Crippen LogP contribution in [0.15, 0.2) is 18.2 Å². The lowest BCUT2D eigenvalue weighted by Gasteiger charge is -2.12. The van der Waals surface area contributed by atoms with Crippen molar-refractivity contribution in [1.82, 2.24) is 5.32 Å². The van der Waals surface area contributed by atoms with Crippen LogP contribution < -0.4 is 5.32 Å². The van der Waals surface area contributed by atoms with Gasteiger partial charge in [0, 0.05) is 19.2 Å². The maximum Gasteiger partial charge on any atom is 0.334 e. The zero-order chi connectivity index (χ0) is 15.3. The highest BCUT2D eigenvalue weighted by Gasteiger charge is 2.20. The number of carboxylic acid groups (broad SMARTS) is 1. The second kappa shape index (κ2) is 6.83. The summed E-state index contributed by atoms with van der Waals surface area (Å²) in [5.41, 5.74) is -0.401. The molecule has 1 aromatic rings. The van der Waals surface area contributed by atoms with Crippen LogP contribution in [0.25, 0.3) is 0 Å². The van der Waals surface area contributed by atoms with E-state index in [1.54, 1.807) is 0 Å². The summed E-state index contributed by atoms with van der Waals surface area (Å²) in [6, 6.07) is 3.40. The molecule has 0 bridgehead atoms. The van der Waals surface area contributed by atoms with Crippen molar-refractivity contribution in [3.8, 4) is 0 Å². The molecule has 9 heteroatoms. The van der Waals surface area contributed by atoms with E-state index in [0.717, 1.165) is 12.1 Å². The first-order valence-electron chi connectivity index (χ1n) is 5.34. The van der Waals surface area contributed by atoms with Crippen LogP contribution in [0.3, 0.4) is 0 Å². The smallest absolute Gasteiger partial charge is 0.334 e. The lowest BCUT2D eigenvalue weighted by atomic mass is 10.2. The van der Waals surface area contributed by atoms with E-state index in [-0.39, 0.29) is 22.8 Å². The fourth-order valence-corrected chi connectivity index (χ4v) is 1.56. The normalized spacial score (nSPS) is 11.7. The van der Waals surface area contributed by atoms with Crippen LogP contribution in [0.1, 0.15) is 10.4 Å². The number of methoxy groups -OCH3 is 1. The van der Waals surface area contributed by atoms with Gasteiger partial charge in [0.15, 0.2) is 6.10 Å². The molecule has 0 aromatic heterocycles. The molecule has 0 saturated heterocycles. The lowest BCUT2D eigenvalue weighted by molar-refractivity contribution is -0.384. The number of hydrogen-bond acceptors (Lipinski definition) is 5. The summed E-state index contributed by atoms with van der Waals surface area (Å²) in [5, 5.41) is 21.7. The lowest BCUT2D eigenvalue weighted by Crippen LogP contribution is -2.37. The average Bonchev–Trinajstić information content (AvgIpc) is 2.38. The maximum absolute atomic E-state index is 11.8. The third-order valence-electron chi connectivity index (χ3n) is 2.41. The van der Waals surface area contributed by atoms with Gasteiger partial charge in [-0.05, 0) is 6.07 Å². The number of amides is 1. The highest BCUT2D eigenvalue weighted by Crippen LogP contribution is 2.21. The average molecular weight is 303 g/mol. The summed E-state index contributed by atoms with van der Waals surface area (Å²) in [6.45, 7) is -0.288. The number of halogens is 1. The predicted octanol–water partition coefficient (Wildman–Crippen LogP) is 1.08. The summed E-state index contributed by atoms with van der Waals surface area (Å²) >= 11 is 5.78. The van der Waals surface area contributed by atoms with Crippen molar-refractivity contribution in [2.75, 3.05) is 13.7 Å². The van der Waals surface area contributed by atoms with E-state index in [0.29, 0.717) is 0 Å². The van der Waals surface area contributed by atoms with E-state index < -0.39 is 22.9 Å². The molecule has 0 aliphatic carbocycles. The van der Waals surface area contributed by atoms with Crippen LogP contribution in [-0.2, 0) is 9.53 Å². The van der Waals surface area contributed by atoms with E-state index in [9.17, 15) is 19.7 Å². The van der Waals surface area contributed by atoms with Crippen molar-refractivity contribution >= 4 is 29.2 Å². The Labute approximate surface area is 118 Å². The molecule has 8 nitrogen and oxygen atoms in total. The molecule has 2 N–H and O–H groups in total. The Morgan fingerprint density at radius 1 is 1.55 bits per heavy atom.